The number of likely N-dealkylation sites (N-methyl/N-ethyl adjacent to an activating group) is 1. The Morgan fingerprint density at radius 1 is 1.18 bits per heavy atom. The normalized spacial score (nSPS) is 15.2. The van der Waals surface area contributed by atoms with Crippen molar-refractivity contribution < 1.29 is 14.6 Å². The summed E-state index contributed by atoms with van der Waals surface area (Å²) in [5, 5.41) is 9.83. The fourth-order valence-electron chi connectivity index (χ4n) is 1.61. The van der Waals surface area contributed by atoms with Gasteiger partial charge in [-0.1, -0.05) is 27.2 Å². The van der Waals surface area contributed by atoms with Crippen molar-refractivity contribution in [2.24, 2.45) is 5.92 Å². The first-order valence-corrected chi connectivity index (χ1v) is 6.61. The van der Waals surface area contributed by atoms with Gasteiger partial charge in [-0.25, -0.2) is 0 Å². The van der Waals surface area contributed by atoms with Crippen molar-refractivity contribution in [2.75, 3.05) is 46.6 Å². The predicted octanol–water partition coefficient (Wildman–Crippen LogP) is 1.38. The van der Waals surface area contributed by atoms with Crippen LogP contribution in [0.5, 0.6) is 0 Å². The van der Waals surface area contributed by atoms with E-state index in [9.17, 15) is 5.11 Å². The number of methoxy groups -OCH3 is 1. The first-order valence-electron chi connectivity index (χ1n) is 6.61. The molecule has 0 aliphatic carbocycles. The van der Waals surface area contributed by atoms with E-state index in [4.69, 9.17) is 9.47 Å². The molecule has 1 N–H and O–H groups in total. The average Bonchev–Trinajstić information content (AvgIpc) is 2.33. The van der Waals surface area contributed by atoms with Crippen molar-refractivity contribution in [1.82, 2.24) is 4.90 Å². The summed E-state index contributed by atoms with van der Waals surface area (Å²) in [5.74, 6) is 0.677. The largest absolute Gasteiger partial charge is 0.389 e. The molecule has 2 unspecified atom stereocenters. The number of nitrogens with zero attached hydrogens (tertiary/aromatic N) is 1. The Labute approximate surface area is 106 Å². The molecule has 0 aliphatic heterocycles. The number of aliphatic hydroxyl groups excluding tert-OH is 1. The smallest absolute Gasteiger partial charge is 0.0900 e. The number of hydrogen-bond donors (Lipinski definition) is 1. The Kier molecular flexibility index (Phi) is 10.9. The van der Waals surface area contributed by atoms with E-state index < -0.39 is 6.10 Å². The van der Waals surface area contributed by atoms with E-state index in [1.807, 2.05) is 0 Å². The molecule has 0 heterocycles. The first kappa shape index (κ1) is 16.8. The van der Waals surface area contributed by atoms with E-state index in [2.05, 4.69) is 25.7 Å². The zero-order chi connectivity index (χ0) is 13.1. The molecule has 4 heteroatoms. The molecule has 0 spiro atoms. The van der Waals surface area contributed by atoms with Crippen LogP contribution in [0.15, 0.2) is 0 Å². The van der Waals surface area contributed by atoms with E-state index in [1.165, 1.54) is 6.42 Å². The summed E-state index contributed by atoms with van der Waals surface area (Å²) in [5.41, 5.74) is 0. The van der Waals surface area contributed by atoms with Gasteiger partial charge in [0.1, 0.15) is 0 Å². The Balaban J connectivity index is 3.69. The molecular weight excluding hydrogens is 218 g/mol. The average molecular weight is 247 g/mol. The second-order valence-electron chi connectivity index (χ2n) is 4.59. The van der Waals surface area contributed by atoms with E-state index in [0.717, 1.165) is 13.1 Å². The molecule has 0 aromatic carbocycles. The van der Waals surface area contributed by atoms with Gasteiger partial charge in [-0.3, -0.25) is 0 Å². The summed E-state index contributed by atoms with van der Waals surface area (Å²) in [6.07, 6.45) is 0.771. The van der Waals surface area contributed by atoms with Crippen molar-refractivity contribution in [3.05, 3.63) is 0 Å². The lowest BCUT2D eigenvalue weighted by Crippen LogP contribution is -2.37. The van der Waals surface area contributed by atoms with Crippen LogP contribution < -0.4 is 0 Å². The molecule has 0 bridgehead atoms. The van der Waals surface area contributed by atoms with Crippen LogP contribution in [-0.2, 0) is 9.47 Å². The van der Waals surface area contributed by atoms with Crippen LogP contribution in [0.2, 0.25) is 0 Å². The third-order valence-corrected chi connectivity index (χ3v) is 2.92. The number of hydrogen-bond acceptors (Lipinski definition) is 4. The molecule has 0 rings (SSSR count). The zero-order valence-corrected chi connectivity index (χ0v) is 11.8. The minimum atomic E-state index is -0.407. The van der Waals surface area contributed by atoms with Crippen LogP contribution in [0.25, 0.3) is 0 Å². The molecule has 17 heavy (non-hydrogen) atoms. The second kappa shape index (κ2) is 11.0. The molecule has 0 aromatic rings. The number of rotatable bonds is 11. The summed E-state index contributed by atoms with van der Waals surface area (Å²) in [7, 11) is 1.64. The Bertz CT molecular complexity index is 167. The number of ether oxygens (including phenoxy) is 2. The first-order chi connectivity index (χ1) is 8.13. The molecule has 2 atom stereocenters. The van der Waals surface area contributed by atoms with Crippen molar-refractivity contribution in [3.8, 4) is 0 Å². The van der Waals surface area contributed by atoms with Crippen LogP contribution in [-0.4, -0.2) is 62.7 Å². The van der Waals surface area contributed by atoms with Crippen molar-refractivity contribution in [1.29, 1.82) is 0 Å². The van der Waals surface area contributed by atoms with E-state index in [1.54, 1.807) is 7.11 Å². The predicted molar refractivity (Wildman–Crippen MR) is 70.3 cm³/mol. The van der Waals surface area contributed by atoms with Gasteiger partial charge in [0.15, 0.2) is 0 Å². The van der Waals surface area contributed by atoms with Crippen LogP contribution >= 0.6 is 0 Å². The Morgan fingerprint density at radius 2 is 1.88 bits per heavy atom. The Morgan fingerprint density at radius 3 is 2.41 bits per heavy atom. The maximum absolute atomic E-state index is 9.83. The Hall–Kier alpha value is -0.160. The van der Waals surface area contributed by atoms with Crippen LogP contribution in [0.4, 0.5) is 0 Å². The van der Waals surface area contributed by atoms with Crippen LogP contribution in [0, 0.1) is 5.92 Å². The summed E-state index contributed by atoms with van der Waals surface area (Å²) in [6.45, 7) is 10.8. The fourth-order valence-corrected chi connectivity index (χ4v) is 1.61. The van der Waals surface area contributed by atoms with Gasteiger partial charge in [0, 0.05) is 20.2 Å². The molecule has 0 amide bonds. The summed E-state index contributed by atoms with van der Waals surface area (Å²) >= 11 is 0. The van der Waals surface area contributed by atoms with Gasteiger partial charge in [0.2, 0.25) is 0 Å². The SMILES string of the molecule is CCC(C)CN(CC)CC(O)COCCOC. The van der Waals surface area contributed by atoms with Crippen LogP contribution in [0.3, 0.4) is 0 Å². The van der Waals surface area contributed by atoms with Gasteiger partial charge in [0.05, 0.1) is 25.9 Å². The van der Waals surface area contributed by atoms with Crippen molar-refractivity contribution >= 4 is 0 Å². The van der Waals surface area contributed by atoms with E-state index in [-0.39, 0.29) is 0 Å². The summed E-state index contributed by atoms with van der Waals surface area (Å²) in [6, 6.07) is 0. The topological polar surface area (TPSA) is 41.9 Å². The third-order valence-electron chi connectivity index (χ3n) is 2.92. The zero-order valence-electron chi connectivity index (χ0n) is 11.8. The second-order valence-corrected chi connectivity index (χ2v) is 4.59. The highest BCUT2D eigenvalue weighted by Crippen LogP contribution is 2.05. The molecule has 104 valence electrons. The molecule has 0 aliphatic rings. The van der Waals surface area contributed by atoms with Crippen LogP contribution in [0.1, 0.15) is 27.2 Å². The number of aliphatic hydroxyl groups is 1. The lowest BCUT2D eigenvalue weighted by Gasteiger charge is -2.26. The van der Waals surface area contributed by atoms with Gasteiger partial charge in [0.25, 0.3) is 0 Å². The molecule has 0 fully saturated rings. The van der Waals surface area contributed by atoms with Gasteiger partial charge >= 0.3 is 0 Å². The maximum atomic E-state index is 9.83. The third kappa shape index (κ3) is 9.53. The molecule has 0 saturated carbocycles. The standard InChI is InChI=1S/C13H29NO3/c1-5-12(3)9-14(6-2)10-13(15)11-17-8-7-16-4/h12-13,15H,5-11H2,1-4H3. The van der Waals surface area contributed by atoms with Gasteiger partial charge in [-0.05, 0) is 12.5 Å². The highest BCUT2D eigenvalue weighted by molar-refractivity contribution is 4.65. The van der Waals surface area contributed by atoms with Crippen molar-refractivity contribution in [3.63, 3.8) is 0 Å². The molecule has 4 nitrogen and oxygen atoms in total. The highest BCUT2D eigenvalue weighted by Gasteiger charge is 2.12. The molecule has 0 radical (unpaired) electrons. The fraction of sp³-hybridized carbons (Fsp3) is 1.00. The quantitative estimate of drug-likeness (QED) is 0.560. The minimum absolute atomic E-state index is 0.389. The maximum Gasteiger partial charge on any atom is 0.0900 e. The lowest BCUT2D eigenvalue weighted by molar-refractivity contribution is -0.00142. The summed E-state index contributed by atoms with van der Waals surface area (Å²) < 4.78 is 10.2. The summed E-state index contributed by atoms with van der Waals surface area (Å²) in [4.78, 5) is 2.28. The molecular formula is C13H29NO3. The molecule has 0 aromatic heterocycles. The highest BCUT2D eigenvalue weighted by atomic mass is 16.5. The van der Waals surface area contributed by atoms with E-state index >= 15 is 0 Å². The minimum Gasteiger partial charge on any atom is -0.389 e. The van der Waals surface area contributed by atoms with Gasteiger partial charge in [-0.2, -0.15) is 0 Å². The van der Waals surface area contributed by atoms with Crippen molar-refractivity contribution in [2.45, 2.75) is 33.3 Å². The molecule has 0 saturated heterocycles. The monoisotopic (exact) mass is 247 g/mol. The lowest BCUT2D eigenvalue weighted by atomic mass is 10.1. The van der Waals surface area contributed by atoms with E-state index in [0.29, 0.717) is 32.3 Å². The van der Waals surface area contributed by atoms with Gasteiger partial charge in [-0.15, -0.1) is 0 Å². The van der Waals surface area contributed by atoms with Gasteiger partial charge < -0.3 is 19.5 Å².